The van der Waals surface area contributed by atoms with Crippen molar-refractivity contribution in [3.05, 3.63) is 35.1 Å². The Morgan fingerprint density at radius 3 is 2.57 bits per heavy atom. The lowest BCUT2D eigenvalue weighted by Crippen LogP contribution is -2.44. The molecule has 0 aromatic heterocycles. The molecule has 2 N–H and O–H groups in total. The summed E-state index contributed by atoms with van der Waals surface area (Å²) in [5, 5.41) is 12.5. The van der Waals surface area contributed by atoms with Crippen LogP contribution in [0, 0.1) is 5.82 Å². The number of β-amino-alcohol motifs (C(OH)–C–C–N with tert-alkyl or cyclic N) is 1. The Morgan fingerprint density at radius 1 is 1.38 bits per heavy atom. The molecular weight excluding hydrogens is 292 g/mol. The number of carbonyl (C=O) groups excluding carboxylic acids is 1. The molecule has 116 valence electrons. The quantitative estimate of drug-likeness (QED) is 0.809. The molecular formula is C13H14F4N2O2. The lowest BCUT2D eigenvalue weighted by Gasteiger charge is -2.26. The van der Waals surface area contributed by atoms with Crippen LogP contribution in [0.5, 0.6) is 0 Å². The van der Waals surface area contributed by atoms with Crippen LogP contribution in [-0.2, 0) is 6.18 Å². The lowest BCUT2D eigenvalue weighted by atomic mass is 10.1. The fourth-order valence-electron chi connectivity index (χ4n) is 2.30. The topological polar surface area (TPSA) is 52.6 Å². The number of benzene rings is 1. The van der Waals surface area contributed by atoms with E-state index in [1.807, 2.05) is 0 Å². The third-order valence-electron chi connectivity index (χ3n) is 3.50. The van der Waals surface area contributed by atoms with Crippen molar-refractivity contribution < 1.29 is 27.5 Å². The summed E-state index contributed by atoms with van der Waals surface area (Å²) in [5.74, 6) is -2.49. The minimum atomic E-state index is -4.87. The molecule has 0 radical (unpaired) electrons. The van der Waals surface area contributed by atoms with Gasteiger partial charge in [-0.2, -0.15) is 13.2 Å². The molecule has 0 saturated carbocycles. The van der Waals surface area contributed by atoms with E-state index in [-0.39, 0.29) is 6.54 Å². The summed E-state index contributed by atoms with van der Waals surface area (Å²) in [5.41, 5.74) is -2.14. The van der Waals surface area contributed by atoms with Crippen LogP contribution in [0.25, 0.3) is 0 Å². The Bertz CT molecular complexity index is 547. The smallest absolute Gasteiger partial charge is 0.390 e. The second-order valence-electron chi connectivity index (χ2n) is 4.87. The first-order valence-electron chi connectivity index (χ1n) is 6.25. The van der Waals surface area contributed by atoms with E-state index in [4.69, 9.17) is 0 Å². The highest BCUT2D eigenvalue weighted by atomic mass is 19.4. The van der Waals surface area contributed by atoms with Crippen LogP contribution in [0.2, 0.25) is 0 Å². The summed E-state index contributed by atoms with van der Waals surface area (Å²) in [6, 6.07) is 1.96. The van der Waals surface area contributed by atoms with Gasteiger partial charge in [-0.15, -0.1) is 0 Å². The molecule has 21 heavy (non-hydrogen) atoms. The SMILES string of the molecule is CN(C(=O)c1cccc(C(F)(F)F)c1F)[C@@H]1CNC[C@H]1O. The zero-order chi connectivity index (χ0) is 15.8. The van der Waals surface area contributed by atoms with Crippen molar-refractivity contribution in [2.24, 2.45) is 0 Å². The van der Waals surface area contributed by atoms with Gasteiger partial charge in [0.2, 0.25) is 0 Å². The van der Waals surface area contributed by atoms with Crippen molar-refractivity contribution in [1.29, 1.82) is 0 Å². The van der Waals surface area contributed by atoms with E-state index in [2.05, 4.69) is 5.32 Å². The Kier molecular flexibility index (Phi) is 4.20. The molecule has 4 nitrogen and oxygen atoms in total. The maximum Gasteiger partial charge on any atom is 0.419 e. The van der Waals surface area contributed by atoms with Gasteiger partial charge in [0.25, 0.3) is 5.91 Å². The third-order valence-corrected chi connectivity index (χ3v) is 3.50. The number of aliphatic hydroxyl groups excluding tert-OH is 1. The zero-order valence-corrected chi connectivity index (χ0v) is 11.1. The van der Waals surface area contributed by atoms with Gasteiger partial charge in [0, 0.05) is 20.1 Å². The second-order valence-corrected chi connectivity index (χ2v) is 4.87. The molecule has 1 saturated heterocycles. The second kappa shape index (κ2) is 5.61. The van der Waals surface area contributed by atoms with E-state index < -0.39 is 41.2 Å². The largest absolute Gasteiger partial charge is 0.419 e. The fourth-order valence-corrected chi connectivity index (χ4v) is 2.30. The number of nitrogens with zero attached hydrogens (tertiary/aromatic N) is 1. The maximum absolute atomic E-state index is 13.9. The van der Waals surface area contributed by atoms with Gasteiger partial charge in [-0.3, -0.25) is 4.79 Å². The van der Waals surface area contributed by atoms with Gasteiger partial charge >= 0.3 is 6.18 Å². The zero-order valence-electron chi connectivity index (χ0n) is 11.1. The number of alkyl halides is 3. The van der Waals surface area contributed by atoms with Crippen LogP contribution in [0.15, 0.2) is 18.2 Å². The number of halogens is 4. The Morgan fingerprint density at radius 2 is 2.05 bits per heavy atom. The first-order valence-corrected chi connectivity index (χ1v) is 6.25. The maximum atomic E-state index is 13.9. The average molecular weight is 306 g/mol. The van der Waals surface area contributed by atoms with Crippen LogP contribution < -0.4 is 5.32 Å². The molecule has 0 aliphatic carbocycles. The van der Waals surface area contributed by atoms with Gasteiger partial charge in [0.05, 0.1) is 23.3 Å². The predicted octanol–water partition coefficient (Wildman–Crippen LogP) is 1.25. The summed E-state index contributed by atoms with van der Waals surface area (Å²) in [6.07, 6.45) is -5.71. The number of nitrogens with one attached hydrogen (secondary N) is 1. The Labute approximate surface area is 118 Å². The van der Waals surface area contributed by atoms with E-state index in [1.165, 1.54) is 7.05 Å². The lowest BCUT2D eigenvalue weighted by molar-refractivity contribution is -0.140. The molecule has 2 rings (SSSR count). The first-order chi connectivity index (χ1) is 9.73. The number of amides is 1. The van der Waals surface area contributed by atoms with E-state index in [1.54, 1.807) is 0 Å². The molecule has 1 amide bonds. The summed E-state index contributed by atoms with van der Waals surface area (Å²) < 4.78 is 51.8. The monoisotopic (exact) mass is 306 g/mol. The summed E-state index contributed by atoms with van der Waals surface area (Å²) in [7, 11) is 1.32. The molecule has 1 aliphatic heterocycles. The van der Waals surface area contributed by atoms with E-state index in [0.29, 0.717) is 12.6 Å². The number of likely N-dealkylation sites (N-methyl/N-ethyl adjacent to an activating group) is 1. The average Bonchev–Trinajstić information content (AvgIpc) is 2.82. The molecule has 1 heterocycles. The van der Waals surface area contributed by atoms with Gasteiger partial charge in [0.15, 0.2) is 0 Å². The predicted molar refractivity (Wildman–Crippen MR) is 66.2 cm³/mol. The van der Waals surface area contributed by atoms with Crippen LogP contribution >= 0.6 is 0 Å². The molecule has 0 unspecified atom stereocenters. The molecule has 2 atom stereocenters. The van der Waals surface area contributed by atoms with Crippen molar-refractivity contribution in [1.82, 2.24) is 10.2 Å². The van der Waals surface area contributed by atoms with Crippen molar-refractivity contribution in [2.75, 3.05) is 20.1 Å². The van der Waals surface area contributed by atoms with Gasteiger partial charge in [-0.1, -0.05) is 6.07 Å². The van der Waals surface area contributed by atoms with E-state index in [0.717, 1.165) is 17.0 Å². The summed E-state index contributed by atoms with van der Waals surface area (Å²) >= 11 is 0. The normalized spacial score (nSPS) is 22.4. The first kappa shape index (κ1) is 15.7. The Hall–Kier alpha value is -1.67. The van der Waals surface area contributed by atoms with Crippen LogP contribution in [0.4, 0.5) is 17.6 Å². The van der Waals surface area contributed by atoms with Crippen molar-refractivity contribution >= 4 is 5.91 Å². The number of carbonyl (C=O) groups is 1. The van der Waals surface area contributed by atoms with Crippen molar-refractivity contribution in [3.63, 3.8) is 0 Å². The highest BCUT2D eigenvalue weighted by Gasteiger charge is 2.37. The molecule has 1 aliphatic rings. The molecule has 1 aromatic rings. The standard InChI is InChI=1S/C13H14F4N2O2/c1-19(9-5-18-6-10(9)20)12(21)7-3-2-4-8(11(7)14)13(15,16)17/h2-4,9-10,18,20H,5-6H2,1H3/t9-,10-/m1/s1. The summed E-state index contributed by atoms with van der Waals surface area (Å²) in [6.45, 7) is 0.567. The minimum Gasteiger partial charge on any atom is -0.390 e. The molecule has 1 fully saturated rings. The molecule has 8 heteroatoms. The van der Waals surface area contributed by atoms with Crippen LogP contribution in [-0.4, -0.2) is 48.2 Å². The van der Waals surface area contributed by atoms with Gasteiger partial charge in [-0.25, -0.2) is 4.39 Å². The fraction of sp³-hybridized carbons (Fsp3) is 0.462. The van der Waals surface area contributed by atoms with Gasteiger partial charge < -0.3 is 15.3 Å². The number of hydrogen-bond donors (Lipinski definition) is 2. The van der Waals surface area contributed by atoms with Crippen molar-refractivity contribution in [2.45, 2.75) is 18.3 Å². The highest BCUT2D eigenvalue weighted by molar-refractivity contribution is 5.94. The van der Waals surface area contributed by atoms with Crippen LogP contribution in [0.1, 0.15) is 15.9 Å². The highest BCUT2D eigenvalue weighted by Crippen LogP contribution is 2.32. The van der Waals surface area contributed by atoms with E-state index >= 15 is 0 Å². The molecule has 1 aromatic carbocycles. The van der Waals surface area contributed by atoms with Gasteiger partial charge in [-0.05, 0) is 12.1 Å². The number of rotatable bonds is 2. The number of aliphatic hydroxyl groups is 1. The minimum absolute atomic E-state index is 0.271. The third kappa shape index (κ3) is 3.01. The molecule has 0 spiro atoms. The van der Waals surface area contributed by atoms with Gasteiger partial charge in [0.1, 0.15) is 5.82 Å². The molecule has 0 bridgehead atoms. The number of hydrogen-bond acceptors (Lipinski definition) is 3. The van der Waals surface area contributed by atoms with Crippen molar-refractivity contribution in [3.8, 4) is 0 Å². The van der Waals surface area contributed by atoms with E-state index in [9.17, 15) is 27.5 Å². The summed E-state index contributed by atoms with van der Waals surface area (Å²) in [4.78, 5) is 13.2. The Balaban J connectivity index is 2.31. The van der Waals surface area contributed by atoms with Crippen LogP contribution in [0.3, 0.4) is 0 Å².